The summed E-state index contributed by atoms with van der Waals surface area (Å²) in [5.74, 6) is 1.43. The Kier molecular flexibility index (Phi) is 3.73. The van der Waals surface area contributed by atoms with Crippen LogP contribution in [0.15, 0.2) is 18.2 Å². The number of halogens is 2. The summed E-state index contributed by atoms with van der Waals surface area (Å²) in [6.45, 7) is 3.93. The molecule has 18 heavy (non-hydrogen) atoms. The van der Waals surface area contributed by atoms with Crippen LogP contribution >= 0.6 is 23.2 Å². The lowest BCUT2D eigenvalue weighted by atomic mass is 10.2. The van der Waals surface area contributed by atoms with Crippen LogP contribution in [0.3, 0.4) is 0 Å². The fraction of sp³-hybridized carbons (Fsp3) is 0.231. The van der Waals surface area contributed by atoms with Crippen molar-refractivity contribution in [2.75, 3.05) is 12.4 Å². The van der Waals surface area contributed by atoms with E-state index in [0.29, 0.717) is 15.9 Å². The van der Waals surface area contributed by atoms with Gasteiger partial charge in [-0.2, -0.15) is 0 Å². The number of nitrogens with zero attached hydrogens (tertiary/aromatic N) is 2. The monoisotopic (exact) mass is 281 g/mol. The molecule has 0 saturated heterocycles. The van der Waals surface area contributed by atoms with Gasteiger partial charge in [0.1, 0.15) is 5.82 Å². The van der Waals surface area contributed by atoms with E-state index in [-0.39, 0.29) is 0 Å². The van der Waals surface area contributed by atoms with Crippen LogP contribution in [-0.2, 0) is 0 Å². The summed E-state index contributed by atoms with van der Waals surface area (Å²) >= 11 is 12.0. The molecule has 0 aliphatic carbocycles. The van der Waals surface area contributed by atoms with Crippen molar-refractivity contribution < 1.29 is 0 Å². The molecule has 0 aliphatic rings. The van der Waals surface area contributed by atoms with Crippen molar-refractivity contribution in [1.82, 2.24) is 9.97 Å². The van der Waals surface area contributed by atoms with Gasteiger partial charge in [-0.05, 0) is 32.0 Å². The fourth-order valence-electron chi connectivity index (χ4n) is 1.68. The number of aromatic nitrogens is 2. The number of nitrogens with one attached hydrogen (secondary N) is 1. The lowest BCUT2D eigenvalue weighted by Gasteiger charge is -2.10. The standard InChI is InChI=1S/C13H13Cl2N3/c1-7-8(2)17-13(18-12(7)16-3)9-4-10(14)6-11(15)5-9/h4-6H,1-3H3,(H,16,17,18). The second kappa shape index (κ2) is 5.12. The number of rotatable bonds is 2. The van der Waals surface area contributed by atoms with Crippen molar-refractivity contribution in [3.05, 3.63) is 39.5 Å². The molecule has 94 valence electrons. The molecule has 0 bridgehead atoms. The molecule has 0 aliphatic heterocycles. The third-order valence-electron chi connectivity index (χ3n) is 2.75. The van der Waals surface area contributed by atoms with E-state index in [9.17, 15) is 0 Å². The first-order valence-electron chi connectivity index (χ1n) is 5.50. The quantitative estimate of drug-likeness (QED) is 0.900. The van der Waals surface area contributed by atoms with Crippen LogP contribution in [0, 0.1) is 13.8 Å². The van der Waals surface area contributed by atoms with Crippen LogP contribution in [-0.4, -0.2) is 17.0 Å². The first-order valence-corrected chi connectivity index (χ1v) is 6.26. The molecule has 0 radical (unpaired) electrons. The van der Waals surface area contributed by atoms with Gasteiger partial charge >= 0.3 is 0 Å². The Morgan fingerprint density at radius 2 is 1.61 bits per heavy atom. The minimum Gasteiger partial charge on any atom is -0.373 e. The maximum atomic E-state index is 5.99. The third-order valence-corrected chi connectivity index (χ3v) is 3.18. The Morgan fingerprint density at radius 3 is 2.17 bits per heavy atom. The van der Waals surface area contributed by atoms with E-state index in [2.05, 4.69) is 15.3 Å². The van der Waals surface area contributed by atoms with Crippen molar-refractivity contribution in [3.63, 3.8) is 0 Å². The van der Waals surface area contributed by atoms with Gasteiger partial charge in [0.15, 0.2) is 5.82 Å². The molecular weight excluding hydrogens is 269 g/mol. The topological polar surface area (TPSA) is 37.8 Å². The summed E-state index contributed by atoms with van der Waals surface area (Å²) in [7, 11) is 1.84. The molecule has 0 saturated carbocycles. The summed E-state index contributed by atoms with van der Waals surface area (Å²) in [6, 6.07) is 5.29. The largest absolute Gasteiger partial charge is 0.373 e. The van der Waals surface area contributed by atoms with Crippen molar-refractivity contribution in [2.24, 2.45) is 0 Å². The molecule has 1 heterocycles. The maximum Gasteiger partial charge on any atom is 0.161 e. The molecule has 0 unspecified atom stereocenters. The van der Waals surface area contributed by atoms with Crippen molar-refractivity contribution in [1.29, 1.82) is 0 Å². The zero-order valence-electron chi connectivity index (χ0n) is 10.4. The van der Waals surface area contributed by atoms with Crippen LogP contribution in [0.5, 0.6) is 0 Å². The van der Waals surface area contributed by atoms with E-state index >= 15 is 0 Å². The minimum absolute atomic E-state index is 0.574. The fourth-order valence-corrected chi connectivity index (χ4v) is 2.21. The van der Waals surface area contributed by atoms with Crippen molar-refractivity contribution in [2.45, 2.75) is 13.8 Å². The summed E-state index contributed by atoms with van der Waals surface area (Å²) < 4.78 is 0. The molecular formula is C13H13Cl2N3. The highest BCUT2D eigenvalue weighted by molar-refractivity contribution is 6.35. The molecule has 1 aromatic heterocycles. The summed E-state index contributed by atoms with van der Waals surface area (Å²) in [4.78, 5) is 8.93. The van der Waals surface area contributed by atoms with Gasteiger partial charge in [0.2, 0.25) is 0 Å². The van der Waals surface area contributed by atoms with E-state index in [1.165, 1.54) is 0 Å². The van der Waals surface area contributed by atoms with E-state index in [1.54, 1.807) is 18.2 Å². The second-order valence-electron chi connectivity index (χ2n) is 4.01. The molecule has 2 aromatic rings. The van der Waals surface area contributed by atoms with Gasteiger partial charge in [-0.15, -0.1) is 0 Å². The summed E-state index contributed by atoms with van der Waals surface area (Å²) in [6.07, 6.45) is 0. The van der Waals surface area contributed by atoms with Gasteiger partial charge in [-0.3, -0.25) is 0 Å². The Balaban J connectivity index is 2.60. The number of hydrogen-bond donors (Lipinski definition) is 1. The van der Waals surface area contributed by atoms with Gasteiger partial charge in [-0.25, -0.2) is 9.97 Å². The summed E-state index contributed by atoms with van der Waals surface area (Å²) in [5.41, 5.74) is 2.78. The molecule has 3 nitrogen and oxygen atoms in total. The first-order chi connectivity index (χ1) is 8.51. The Morgan fingerprint density at radius 1 is 1.00 bits per heavy atom. The van der Waals surface area contributed by atoms with E-state index in [4.69, 9.17) is 23.2 Å². The number of hydrogen-bond acceptors (Lipinski definition) is 3. The Labute approximate surface area is 116 Å². The van der Waals surface area contributed by atoms with Crippen LogP contribution in [0.2, 0.25) is 10.0 Å². The van der Waals surface area contributed by atoms with Crippen LogP contribution in [0.25, 0.3) is 11.4 Å². The van der Waals surface area contributed by atoms with Crippen LogP contribution < -0.4 is 5.32 Å². The smallest absolute Gasteiger partial charge is 0.161 e. The van der Waals surface area contributed by atoms with Gasteiger partial charge in [-0.1, -0.05) is 23.2 Å². The highest BCUT2D eigenvalue weighted by Gasteiger charge is 2.09. The molecule has 0 fully saturated rings. The Hall–Kier alpha value is -1.32. The van der Waals surface area contributed by atoms with E-state index in [1.807, 2.05) is 20.9 Å². The van der Waals surface area contributed by atoms with E-state index < -0.39 is 0 Å². The summed E-state index contributed by atoms with van der Waals surface area (Å²) in [5, 5.41) is 4.21. The van der Waals surface area contributed by atoms with Crippen LogP contribution in [0.4, 0.5) is 5.82 Å². The van der Waals surface area contributed by atoms with E-state index in [0.717, 1.165) is 22.6 Å². The molecule has 1 aromatic carbocycles. The number of anilines is 1. The van der Waals surface area contributed by atoms with Crippen molar-refractivity contribution in [3.8, 4) is 11.4 Å². The first kappa shape index (κ1) is 13.1. The van der Waals surface area contributed by atoms with Gasteiger partial charge < -0.3 is 5.32 Å². The molecule has 0 amide bonds. The zero-order chi connectivity index (χ0) is 13.3. The second-order valence-corrected chi connectivity index (χ2v) is 4.89. The van der Waals surface area contributed by atoms with Gasteiger partial charge in [0, 0.05) is 33.9 Å². The van der Waals surface area contributed by atoms with Crippen LogP contribution in [0.1, 0.15) is 11.3 Å². The normalized spacial score (nSPS) is 10.5. The lowest BCUT2D eigenvalue weighted by molar-refractivity contribution is 1.07. The number of aryl methyl sites for hydroxylation is 1. The van der Waals surface area contributed by atoms with Gasteiger partial charge in [0.25, 0.3) is 0 Å². The predicted octanol–water partition coefficient (Wildman–Crippen LogP) is 4.11. The zero-order valence-corrected chi connectivity index (χ0v) is 11.9. The molecule has 1 N–H and O–H groups in total. The third kappa shape index (κ3) is 2.57. The molecule has 0 spiro atoms. The Bertz CT molecular complexity index is 577. The highest BCUT2D eigenvalue weighted by atomic mass is 35.5. The highest BCUT2D eigenvalue weighted by Crippen LogP contribution is 2.27. The average molecular weight is 282 g/mol. The average Bonchev–Trinajstić information content (AvgIpc) is 2.31. The maximum absolute atomic E-state index is 5.99. The molecule has 0 atom stereocenters. The van der Waals surface area contributed by atoms with Gasteiger partial charge in [0.05, 0.1) is 0 Å². The van der Waals surface area contributed by atoms with Crippen molar-refractivity contribution >= 4 is 29.0 Å². The SMILES string of the molecule is CNc1nc(-c2cc(Cl)cc(Cl)c2)nc(C)c1C. The molecule has 5 heteroatoms. The number of benzene rings is 1. The lowest BCUT2D eigenvalue weighted by Crippen LogP contribution is -2.02. The predicted molar refractivity (Wildman–Crippen MR) is 76.5 cm³/mol. The minimum atomic E-state index is 0.574. The molecule has 2 rings (SSSR count).